The molecule has 39 heavy (non-hydrogen) atoms. The summed E-state index contributed by atoms with van der Waals surface area (Å²) in [6.07, 6.45) is -0.560. The molecule has 0 saturated carbocycles. The van der Waals surface area contributed by atoms with Crippen molar-refractivity contribution in [1.29, 1.82) is 0 Å². The number of rotatable bonds is 9. The van der Waals surface area contributed by atoms with Crippen LogP contribution in [-0.2, 0) is 24.4 Å². The summed E-state index contributed by atoms with van der Waals surface area (Å²) in [6, 6.07) is 16.6. The molecule has 0 radical (unpaired) electrons. The second kappa shape index (κ2) is 11.8. The summed E-state index contributed by atoms with van der Waals surface area (Å²) in [6.45, 7) is 4.07. The molecule has 0 bridgehead atoms. The van der Waals surface area contributed by atoms with E-state index in [2.05, 4.69) is 23.3 Å². The molecule has 4 rings (SSSR count). The van der Waals surface area contributed by atoms with Crippen molar-refractivity contribution in [3.8, 4) is 0 Å². The van der Waals surface area contributed by atoms with Crippen molar-refractivity contribution in [1.82, 2.24) is 9.62 Å². The number of carbonyl (C=O) groups is 3. The summed E-state index contributed by atoms with van der Waals surface area (Å²) in [7, 11) is -4.09. The Morgan fingerprint density at radius 1 is 1.03 bits per heavy atom. The molecule has 3 aromatic rings. The summed E-state index contributed by atoms with van der Waals surface area (Å²) in [5.41, 5.74) is 1.52. The highest BCUT2D eigenvalue weighted by atomic mass is 32.2. The van der Waals surface area contributed by atoms with Gasteiger partial charge in [0.1, 0.15) is 12.1 Å². The Morgan fingerprint density at radius 3 is 2.33 bits per heavy atom. The minimum Gasteiger partial charge on any atom is -0.481 e. The topological polar surface area (TPSA) is 133 Å². The third kappa shape index (κ3) is 6.60. The first-order chi connectivity index (χ1) is 18.5. The lowest BCUT2D eigenvalue weighted by atomic mass is 10.0. The molecule has 1 unspecified atom stereocenters. The predicted molar refractivity (Wildman–Crippen MR) is 152 cm³/mol. The van der Waals surface area contributed by atoms with Gasteiger partial charge < -0.3 is 15.7 Å². The highest BCUT2D eigenvalue weighted by Gasteiger charge is 2.44. The normalized spacial score (nSPS) is 18.7. The Hall–Kier alpha value is -3.41. The molecule has 1 saturated heterocycles. The van der Waals surface area contributed by atoms with Crippen molar-refractivity contribution in [2.24, 2.45) is 0 Å². The molecule has 1 aliphatic heterocycles. The molecule has 11 heteroatoms. The number of fused-ring (bicyclic) bond motifs is 1. The molecule has 3 aromatic carbocycles. The number of carboxylic acid groups (broad SMARTS) is 1. The molecule has 2 amide bonds. The molecule has 0 aromatic heterocycles. The van der Waals surface area contributed by atoms with Gasteiger partial charge in [0.05, 0.1) is 11.3 Å². The number of hydrogen-bond donors (Lipinski definition) is 4. The SMILES string of the molecule is CC(C)c1ccc(NC(=O)C(CC(=O)O)NC(=O)[C@@H]2C[C@@H](S)CN2S(=O)(=O)c2ccc3ccccc3c2)cc1. The van der Waals surface area contributed by atoms with Gasteiger partial charge in [-0.15, -0.1) is 0 Å². The number of thiol groups is 1. The predicted octanol–water partition coefficient (Wildman–Crippen LogP) is 3.62. The number of nitrogens with one attached hydrogen (secondary N) is 2. The van der Waals surface area contributed by atoms with Gasteiger partial charge in [-0.25, -0.2) is 8.42 Å². The van der Waals surface area contributed by atoms with Crippen LogP contribution in [0.5, 0.6) is 0 Å². The number of carboxylic acids is 1. The third-order valence-electron chi connectivity index (χ3n) is 6.72. The molecule has 206 valence electrons. The first kappa shape index (κ1) is 28.6. The maximum atomic E-state index is 13.6. The van der Waals surface area contributed by atoms with Crippen LogP contribution in [0.25, 0.3) is 10.8 Å². The second-order valence-electron chi connectivity index (χ2n) is 9.91. The molecule has 1 heterocycles. The van der Waals surface area contributed by atoms with E-state index in [1.807, 2.05) is 38.1 Å². The number of carbonyl (C=O) groups excluding carboxylic acids is 2. The van der Waals surface area contributed by atoms with Crippen LogP contribution in [0.3, 0.4) is 0 Å². The van der Waals surface area contributed by atoms with Crippen LogP contribution in [0.1, 0.15) is 38.2 Å². The number of hydrogen-bond acceptors (Lipinski definition) is 6. The number of sulfonamides is 1. The van der Waals surface area contributed by atoms with Crippen molar-refractivity contribution in [2.75, 3.05) is 11.9 Å². The zero-order chi connectivity index (χ0) is 28.3. The number of anilines is 1. The lowest BCUT2D eigenvalue weighted by Gasteiger charge is -2.25. The van der Waals surface area contributed by atoms with E-state index in [0.717, 1.165) is 20.6 Å². The number of amides is 2. The van der Waals surface area contributed by atoms with E-state index in [1.165, 1.54) is 6.07 Å². The van der Waals surface area contributed by atoms with Crippen molar-refractivity contribution in [3.63, 3.8) is 0 Å². The van der Waals surface area contributed by atoms with E-state index in [0.29, 0.717) is 11.6 Å². The van der Waals surface area contributed by atoms with Crippen LogP contribution in [0, 0.1) is 0 Å². The van der Waals surface area contributed by atoms with Crippen molar-refractivity contribution < 1.29 is 27.9 Å². The van der Waals surface area contributed by atoms with Crippen molar-refractivity contribution in [3.05, 3.63) is 72.3 Å². The number of benzene rings is 3. The Balaban J connectivity index is 1.54. The molecular formula is C28H31N3O6S2. The average molecular weight is 570 g/mol. The van der Waals surface area contributed by atoms with Gasteiger partial charge in [0.25, 0.3) is 0 Å². The third-order valence-corrected chi connectivity index (χ3v) is 8.97. The zero-order valence-electron chi connectivity index (χ0n) is 21.6. The molecule has 0 spiro atoms. The first-order valence-corrected chi connectivity index (χ1v) is 14.5. The molecule has 1 fully saturated rings. The standard InChI is InChI=1S/C28H31N3O6S2/c1-17(2)18-7-10-21(11-8-18)29-27(34)24(15-26(32)33)30-28(35)25-14-22(38)16-31(25)39(36,37)23-12-9-19-5-3-4-6-20(19)13-23/h3-13,17,22,24-25,38H,14-16H2,1-2H3,(H,29,34)(H,30,35)(H,32,33)/t22-,24?,25+/m1/s1. The highest BCUT2D eigenvalue weighted by molar-refractivity contribution is 7.89. The fraction of sp³-hybridized carbons (Fsp3) is 0.321. The van der Waals surface area contributed by atoms with Gasteiger partial charge in [-0.1, -0.05) is 56.3 Å². The van der Waals surface area contributed by atoms with E-state index in [9.17, 15) is 27.9 Å². The summed E-state index contributed by atoms with van der Waals surface area (Å²) < 4.78 is 28.3. The lowest BCUT2D eigenvalue weighted by molar-refractivity contribution is -0.140. The van der Waals surface area contributed by atoms with Gasteiger partial charge in [0.2, 0.25) is 21.8 Å². The summed E-state index contributed by atoms with van der Waals surface area (Å²) in [5.74, 6) is -2.46. The fourth-order valence-electron chi connectivity index (χ4n) is 4.58. The van der Waals surface area contributed by atoms with E-state index >= 15 is 0 Å². The molecule has 0 aliphatic carbocycles. The maximum absolute atomic E-state index is 13.6. The average Bonchev–Trinajstić information content (AvgIpc) is 3.30. The second-order valence-corrected chi connectivity index (χ2v) is 12.5. The Bertz CT molecular complexity index is 1490. The van der Waals surface area contributed by atoms with E-state index in [-0.39, 0.29) is 17.9 Å². The van der Waals surface area contributed by atoms with Crippen LogP contribution < -0.4 is 10.6 Å². The zero-order valence-corrected chi connectivity index (χ0v) is 23.3. The van der Waals surface area contributed by atoms with Gasteiger partial charge in [-0.05, 0) is 52.9 Å². The largest absolute Gasteiger partial charge is 0.481 e. The van der Waals surface area contributed by atoms with Crippen molar-refractivity contribution in [2.45, 2.75) is 54.8 Å². The van der Waals surface area contributed by atoms with Crippen molar-refractivity contribution >= 4 is 56.9 Å². The minimum absolute atomic E-state index is 0.00560. The molecule has 3 N–H and O–H groups in total. The maximum Gasteiger partial charge on any atom is 0.305 e. The Morgan fingerprint density at radius 2 is 1.69 bits per heavy atom. The number of nitrogens with zero attached hydrogens (tertiary/aromatic N) is 1. The minimum atomic E-state index is -4.09. The van der Waals surface area contributed by atoms with Crippen LogP contribution in [0.4, 0.5) is 5.69 Å². The molecule has 1 aliphatic rings. The van der Waals surface area contributed by atoms with Crippen LogP contribution in [0.15, 0.2) is 71.6 Å². The quantitative estimate of drug-likeness (QED) is 0.291. The van der Waals surface area contributed by atoms with Crippen LogP contribution in [-0.4, -0.2) is 59.5 Å². The summed E-state index contributed by atoms with van der Waals surface area (Å²) in [5, 5.41) is 15.7. The first-order valence-electron chi connectivity index (χ1n) is 12.6. The Kier molecular flexibility index (Phi) is 8.63. The van der Waals surface area contributed by atoms with Gasteiger partial charge in [-0.3, -0.25) is 14.4 Å². The molecular weight excluding hydrogens is 538 g/mol. The van der Waals surface area contributed by atoms with E-state index < -0.39 is 51.6 Å². The lowest BCUT2D eigenvalue weighted by Crippen LogP contribution is -2.52. The van der Waals surface area contributed by atoms with Gasteiger partial charge in [0, 0.05) is 17.5 Å². The summed E-state index contributed by atoms with van der Waals surface area (Å²) in [4.78, 5) is 37.8. The Labute approximate surface area is 233 Å². The summed E-state index contributed by atoms with van der Waals surface area (Å²) >= 11 is 4.42. The van der Waals surface area contributed by atoms with E-state index in [4.69, 9.17) is 0 Å². The molecule has 9 nitrogen and oxygen atoms in total. The smallest absolute Gasteiger partial charge is 0.305 e. The van der Waals surface area contributed by atoms with Crippen LogP contribution in [0.2, 0.25) is 0 Å². The van der Waals surface area contributed by atoms with Gasteiger partial charge in [-0.2, -0.15) is 16.9 Å². The fourth-order valence-corrected chi connectivity index (χ4v) is 6.75. The van der Waals surface area contributed by atoms with Crippen LogP contribution >= 0.6 is 12.6 Å². The monoisotopic (exact) mass is 569 g/mol. The van der Waals surface area contributed by atoms with E-state index in [1.54, 1.807) is 36.4 Å². The van der Waals surface area contributed by atoms with Gasteiger partial charge in [0.15, 0.2) is 0 Å². The number of aliphatic carboxylic acids is 1. The van der Waals surface area contributed by atoms with Gasteiger partial charge >= 0.3 is 5.97 Å². The highest BCUT2D eigenvalue weighted by Crippen LogP contribution is 2.30. The molecule has 3 atom stereocenters.